The fraction of sp³-hybridized carbons (Fsp3) is 0.250. The van der Waals surface area contributed by atoms with Gasteiger partial charge in [0.15, 0.2) is 16.3 Å². The number of carboxylic acid groups (broad SMARTS) is 1. The lowest BCUT2D eigenvalue weighted by Crippen LogP contribution is -2.40. The van der Waals surface area contributed by atoms with Gasteiger partial charge in [-0.3, -0.25) is 9.36 Å². The number of rotatable bonds is 9. The third kappa shape index (κ3) is 5.74. The van der Waals surface area contributed by atoms with Crippen molar-refractivity contribution >= 4 is 45.3 Å². The molecule has 4 aromatic rings. The van der Waals surface area contributed by atoms with Crippen LogP contribution in [0.2, 0.25) is 0 Å². The van der Waals surface area contributed by atoms with Gasteiger partial charge >= 0.3 is 11.9 Å². The van der Waals surface area contributed by atoms with Gasteiger partial charge in [-0.15, -0.1) is 0 Å². The highest BCUT2D eigenvalue weighted by atomic mass is 79.9. The first kappa shape index (κ1) is 31.0. The number of fused-ring (bicyclic) bond motifs is 1. The molecule has 228 valence electrons. The van der Waals surface area contributed by atoms with Crippen LogP contribution in [0.25, 0.3) is 17.4 Å². The second-order valence-corrected chi connectivity index (χ2v) is 11.7. The first-order valence-electron chi connectivity index (χ1n) is 13.7. The highest BCUT2D eigenvalue weighted by Crippen LogP contribution is 2.41. The highest BCUT2D eigenvalue weighted by Gasteiger charge is 2.35. The number of nitrogens with zero attached hydrogens (tertiary/aromatic N) is 2. The normalized spacial score (nSPS) is 14.7. The summed E-state index contributed by atoms with van der Waals surface area (Å²) in [6.45, 7) is 7.68. The van der Waals surface area contributed by atoms with Gasteiger partial charge in [0.1, 0.15) is 11.5 Å². The van der Waals surface area contributed by atoms with E-state index in [1.165, 1.54) is 29.1 Å². The van der Waals surface area contributed by atoms with Crippen LogP contribution in [0, 0.1) is 6.92 Å². The maximum atomic E-state index is 14.0. The Kier molecular flexibility index (Phi) is 8.93. The molecule has 1 aliphatic rings. The average Bonchev–Trinajstić information content (AvgIpc) is 3.56. The second-order valence-electron chi connectivity index (χ2n) is 9.80. The van der Waals surface area contributed by atoms with Crippen molar-refractivity contribution in [1.29, 1.82) is 0 Å². The number of aryl methyl sites for hydroxylation is 1. The van der Waals surface area contributed by atoms with E-state index in [4.69, 9.17) is 18.6 Å². The Balaban J connectivity index is 1.65. The van der Waals surface area contributed by atoms with Crippen molar-refractivity contribution in [3.05, 3.63) is 100 Å². The van der Waals surface area contributed by atoms with E-state index in [9.17, 15) is 19.5 Å². The molecule has 1 aliphatic heterocycles. The topological polar surface area (TPSA) is 130 Å². The molecule has 1 atom stereocenters. The number of hydrogen-bond acceptors (Lipinski definition) is 9. The number of carbonyl (C=O) groups excluding carboxylic acids is 1. The van der Waals surface area contributed by atoms with Gasteiger partial charge in [-0.1, -0.05) is 33.3 Å². The molecule has 0 radical (unpaired) electrons. The zero-order valence-electron chi connectivity index (χ0n) is 24.6. The highest BCUT2D eigenvalue weighted by molar-refractivity contribution is 9.10. The van der Waals surface area contributed by atoms with Gasteiger partial charge in [-0.25, -0.2) is 14.6 Å². The van der Waals surface area contributed by atoms with E-state index in [-0.39, 0.29) is 23.3 Å². The minimum Gasteiger partial charge on any atom is -0.493 e. The number of ether oxygens (including phenoxy) is 3. The quantitative estimate of drug-likeness (QED) is 0.238. The molecule has 0 fully saturated rings. The third-order valence-corrected chi connectivity index (χ3v) is 8.70. The van der Waals surface area contributed by atoms with Gasteiger partial charge in [0.25, 0.3) is 5.56 Å². The third-order valence-electron chi connectivity index (χ3n) is 7.03. The van der Waals surface area contributed by atoms with Gasteiger partial charge < -0.3 is 23.7 Å². The number of halogens is 1. The zero-order chi connectivity index (χ0) is 31.7. The maximum absolute atomic E-state index is 14.0. The first-order chi connectivity index (χ1) is 21.1. The molecule has 2 aromatic carbocycles. The summed E-state index contributed by atoms with van der Waals surface area (Å²) < 4.78 is 25.2. The zero-order valence-corrected chi connectivity index (χ0v) is 27.0. The van der Waals surface area contributed by atoms with Crippen LogP contribution in [-0.4, -0.2) is 41.9 Å². The molecule has 12 heteroatoms. The number of methoxy groups -OCH3 is 1. The minimum atomic E-state index is -1.01. The monoisotopic (exact) mass is 680 g/mol. The number of aromatic nitrogens is 1. The van der Waals surface area contributed by atoms with Crippen LogP contribution in [0.3, 0.4) is 0 Å². The summed E-state index contributed by atoms with van der Waals surface area (Å²) in [6.07, 6.45) is 1.63. The average molecular weight is 682 g/mol. The number of hydrogen-bond donors (Lipinski definition) is 1. The predicted molar refractivity (Wildman–Crippen MR) is 168 cm³/mol. The molecule has 1 N–H and O–H groups in total. The van der Waals surface area contributed by atoms with Crippen molar-refractivity contribution in [2.45, 2.75) is 33.7 Å². The molecule has 0 spiro atoms. The molecule has 0 amide bonds. The lowest BCUT2D eigenvalue weighted by Gasteiger charge is -2.26. The molecule has 2 aromatic heterocycles. The summed E-state index contributed by atoms with van der Waals surface area (Å²) in [5.74, 6) is 0.326. The smallest absolute Gasteiger partial charge is 0.338 e. The van der Waals surface area contributed by atoms with Crippen molar-refractivity contribution in [2.75, 3.05) is 20.3 Å². The van der Waals surface area contributed by atoms with Crippen LogP contribution in [0.1, 0.15) is 54.1 Å². The Morgan fingerprint density at radius 1 is 1.11 bits per heavy atom. The van der Waals surface area contributed by atoms with Crippen LogP contribution in [-0.2, 0) is 9.53 Å². The van der Waals surface area contributed by atoms with Crippen LogP contribution >= 0.6 is 27.3 Å². The predicted octanol–water partition coefficient (Wildman–Crippen LogP) is 5.23. The van der Waals surface area contributed by atoms with Crippen LogP contribution in [0.4, 0.5) is 0 Å². The molecule has 0 unspecified atom stereocenters. The van der Waals surface area contributed by atoms with E-state index in [0.29, 0.717) is 54.7 Å². The fourth-order valence-electron chi connectivity index (χ4n) is 5.05. The van der Waals surface area contributed by atoms with Gasteiger partial charge in [-0.05, 0) is 75.2 Å². The van der Waals surface area contributed by atoms with Gasteiger partial charge in [0.2, 0.25) is 0 Å². The number of allylic oxidation sites excluding steroid dienone is 1. The first-order valence-corrected chi connectivity index (χ1v) is 15.3. The number of carboxylic acids is 1. The summed E-state index contributed by atoms with van der Waals surface area (Å²) in [5.41, 5.74) is 2.55. The van der Waals surface area contributed by atoms with Gasteiger partial charge in [0, 0.05) is 16.1 Å². The van der Waals surface area contributed by atoms with Crippen molar-refractivity contribution in [3.8, 4) is 22.8 Å². The molecule has 0 saturated heterocycles. The van der Waals surface area contributed by atoms with E-state index < -0.39 is 18.0 Å². The van der Waals surface area contributed by atoms with Gasteiger partial charge in [-0.2, -0.15) is 0 Å². The number of carbonyl (C=O) groups is 2. The number of furan rings is 1. The molecule has 44 heavy (non-hydrogen) atoms. The largest absolute Gasteiger partial charge is 0.493 e. The lowest BCUT2D eigenvalue weighted by molar-refractivity contribution is -0.139. The molecular weight excluding hydrogens is 652 g/mol. The minimum absolute atomic E-state index is 0.153. The van der Waals surface area contributed by atoms with E-state index in [2.05, 4.69) is 20.9 Å². The Hall–Kier alpha value is -4.42. The Bertz CT molecular complexity index is 2000. The summed E-state index contributed by atoms with van der Waals surface area (Å²) >= 11 is 4.80. The lowest BCUT2D eigenvalue weighted by atomic mass is 9.95. The summed E-state index contributed by atoms with van der Waals surface area (Å²) in [7, 11) is 1.52. The summed E-state index contributed by atoms with van der Waals surface area (Å²) in [6, 6.07) is 10.9. The molecule has 0 aliphatic carbocycles. The number of esters is 1. The second kappa shape index (κ2) is 12.7. The van der Waals surface area contributed by atoms with Crippen molar-refractivity contribution < 1.29 is 33.3 Å². The molecule has 0 saturated carbocycles. The maximum Gasteiger partial charge on any atom is 0.338 e. The van der Waals surface area contributed by atoms with E-state index in [1.807, 2.05) is 6.92 Å². The van der Waals surface area contributed by atoms with E-state index in [0.717, 1.165) is 11.1 Å². The molecule has 0 bridgehead atoms. The van der Waals surface area contributed by atoms with Crippen LogP contribution in [0.15, 0.2) is 72.4 Å². The number of thiazole rings is 1. The van der Waals surface area contributed by atoms with E-state index >= 15 is 0 Å². The summed E-state index contributed by atoms with van der Waals surface area (Å²) in [5, 5.41) is 9.28. The Labute approximate surface area is 264 Å². The van der Waals surface area contributed by atoms with Gasteiger partial charge in [0.05, 0.1) is 47.7 Å². The van der Waals surface area contributed by atoms with Crippen LogP contribution in [0.5, 0.6) is 11.5 Å². The Morgan fingerprint density at radius 3 is 2.55 bits per heavy atom. The SMILES string of the molecule is CCOC(=O)C1=C(C)N=c2s/c(=C/c3ccc(-c4ccc(C(=O)O)cc4C)o3)c(=O)n2[C@@H]1c1cc(OC)c(OCC)cc1Br. The molecule has 3 heterocycles. The van der Waals surface area contributed by atoms with Crippen molar-refractivity contribution in [3.63, 3.8) is 0 Å². The van der Waals surface area contributed by atoms with E-state index in [1.54, 1.807) is 63.2 Å². The standard InChI is InChI=1S/C32H29BrN2O8S/c1-6-41-25-15-22(33)21(14-24(25)40-5)28-27(31(39)42-7-2)17(4)34-32-35(28)29(36)26(44-32)13-19-9-11-23(43-19)20-10-8-18(30(37)38)12-16(20)3/h8-15,28H,6-7H2,1-5H3,(H,37,38)/b26-13+/t28-/m1/s1. The molecule has 10 nitrogen and oxygen atoms in total. The molecular formula is C32H29BrN2O8S. The Morgan fingerprint density at radius 2 is 1.89 bits per heavy atom. The van der Waals surface area contributed by atoms with Crippen molar-refractivity contribution in [2.24, 2.45) is 4.99 Å². The fourth-order valence-corrected chi connectivity index (χ4v) is 6.62. The number of benzene rings is 2. The molecule has 5 rings (SSSR count). The summed E-state index contributed by atoms with van der Waals surface area (Å²) in [4.78, 5) is 43.7. The van der Waals surface area contributed by atoms with Crippen molar-refractivity contribution in [1.82, 2.24) is 4.57 Å². The number of aromatic carboxylic acids is 1. The van der Waals surface area contributed by atoms with Crippen LogP contribution < -0.4 is 24.4 Å².